The predicted molar refractivity (Wildman–Crippen MR) is 110 cm³/mol. The quantitative estimate of drug-likeness (QED) is 0.540. The van der Waals surface area contributed by atoms with Gasteiger partial charge in [0.1, 0.15) is 5.60 Å². The lowest BCUT2D eigenvalue weighted by Crippen LogP contribution is -2.74. The largest absolute Gasteiger partial charge is 0.504 e. The predicted octanol–water partition coefficient (Wildman–Crippen LogP) is 2.71. The molecule has 2 aliphatic heterocycles. The van der Waals surface area contributed by atoms with Crippen molar-refractivity contribution in [3.05, 3.63) is 58.8 Å². The molecule has 2 aromatic carbocycles. The SMILES string of the molecule is CC(=O)N1CC[C@]23c4c5ccc(O)c4O[C@H]2c2[nH]c4ccccc4c2C[C@@]3(O)[C@H]1C5. The van der Waals surface area contributed by atoms with Gasteiger partial charge in [-0.3, -0.25) is 4.79 Å². The summed E-state index contributed by atoms with van der Waals surface area (Å²) in [7, 11) is 0. The van der Waals surface area contributed by atoms with Crippen molar-refractivity contribution >= 4 is 16.8 Å². The highest BCUT2D eigenvalue weighted by atomic mass is 16.5. The molecule has 2 aliphatic carbocycles. The molecular weight excluding hydrogens is 380 g/mol. The summed E-state index contributed by atoms with van der Waals surface area (Å²) < 4.78 is 6.48. The van der Waals surface area contributed by atoms with Crippen LogP contribution in [0.4, 0.5) is 0 Å². The van der Waals surface area contributed by atoms with Crippen molar-refractivity contribution in [3.63, 3.8) is 0 Å². The van der Waals surface area contributed by atoms with Crippen molar-refractivity contribution < 1.29 is 19.7 Å². The lowest BCUT2D eigenvalue weighted by atomic mass is 9.49. The Morgan fingerprint density at radius 3 is 2.93 bits per heavy atom. The number of carbonyl (C=O) groups excluding carboxylic acids is 1. The smallest absolute Gasteiger partial charge is 0.219 e. The number of ether oxygens (including phenoxy) is 1. The number of aromatic amines is 1. The monoisotopic (exact) mass is 402 g/mol. The van der Waals surface area contributed by atoms with Crippen LogP contribution in [0.1, 0.15) is 41.8 Å². The Balaban J connectivity index is 1.59. The van der Waals surface area contributed by atoms with Crippen molar-refractivity contribution in [2.45, 2.75) is 49.3 Å². The van der Waals surface area contributed by atoms with Gasteiger partial charge in [-0.25, -0.2) is 0 Å². The van der Waals surface area contributed by atoms with Gasteiger partial charge in [-0.15, -0.1) is 0 Å². The molecule has 4 aliphatic rings. The maximum Gasteiger partial charge on any atom is 0.219 e. The van der Waals surface area contributed by atoms with Crippen LogP contribution in [-0.2, 0) is 23.1 Å². The number of amides is 1. The summed E-state index contributed by atoms with van der Waals surface area (Å²) in [6.07, 6.45) is 1.20. The number of carbonyl (C=O) groups is 1. The van der Waals surface area contributed by atoms with Crippen molar-refractivity contribution in [1.82, 2.24) is 9.88 Å². The van der Waals surface area contributed by atoms with Crippen LogP contribution in [-0.4, -0.2) is 44.2 Å². The Hall–Kier alpha value is -2.99. The van der Waals surface area contributed by atoms with Crippen LogP contribution >= 0.6 is 0 Å². The molecule has 0 unspecified atom stereocenters. The van der Waals surface area contributed by atoms with Gasteiger partial charge in [0, 0.05) is 36.4 Å². The summed E-state index contributed by atoms with van der Waals surface area (Å²) >= 11 is 0. The summed E-state index contributed by atoms with van der Waals surface area (Å²) in [5.74, 6) is 0.605. The number of likely N-dealkylation sites (tertiary alicyclic amines) is 1. The van der Waals surface area contributed by atoms with Crippen molar-refractivity contribution in [3.8, 4) is 11.5 Å². The standard InChI is InChI=1S/C24H22N2O4/c1-12(27)26-9-8-23-19-13-6-7-17(28)21(19)30-22(23)20-15(11-24(23,29)18(26)10-13)14-4-2-3-5-16(14)25-20/h2-7,18,22,25,28-29H,8-11H2,1H3/t18-,22+,23+,24-/m1/s1. The van der Waals surface area contributed by atoms with Crippen LogP contribution in [0.3, 0.4) is 0 Å². The first kappa shape index (κ1) is 16.8. The number of fused-ring (bicyclic) bond motifs is 4. The lowest BCUT2D eigenvalue weighted by Gasteiger charge is -2.62. The van der Waals surface area contributed by atoms with Crippen LogP contribution in [0, 0.1) is 0 Å². The maximum atomic E-state index is 12.5. The number of aromatic hydroxyl groups is 1. The minimum Gasteiger partial charge on any atom is -0.504 e. The molecule has 1 fully saturated rings. The first-order chi connectivity index (χ1) is 14.5. The molecule has 0 saturated carbocycles. The number of benzene rings is 2. The van der Waals surface area contributed by atoms with Gasteiger partial charge in [-0.2, -0.15) is 0 Å². The minimum absolute atomic E-state index is 0.00841. The van der Waals surface area contributed by atoms with E-state index in [1.165, 1.54) is 0 Å². The molecule has 3 aromatic rings. The number of phenols is 1. The van der Waals surface area contributed by atoms with Crippen LogP contribution < -0.4 is 4.74 Å². The number of nitrogens with one attached hydrogen (secondary N) is 1. The molecule has 2 bridgehead atoms. The average molecular weight is 402 g/mol. The van der Waals surface area contributed by atoms with Crippen LogP contribution in [0.15, 0.2) is 36.4 Å². The lowest BCUT2D eigenvalue weighted by molar-refractivity contribution is -0.181. The fraction of sp³-hybridized carbons (Fsp3) is 0.375. The Bertz CT molecular complexity index is 1280. The number of piperidine rings is 1. The zero-order chi connectivity index (χ0) is 20.4. The molecule has 6 heteroatoms. The zero-order valence-corrected chi connectivity index (χ0v) is 16.6. The van der Waals surface area contributed by atoms with Crippen molar-refractivity contribution in [1.29, 1.82) is 0 Å². The van der Waals surface area contributed by atoms with Gasteiger partial charge < -0.3 is 24.8 Å². The molecule has 7 rings (SSSR count). The van der Waals surface area contributed by atoms with Gasteiger partial charge in [-0.1, -0.05) is 24.3 Å². The Labute approximate surface area is 173 Å². The Morgan fingerprint density at radius 1 is 1.27 bits per heavy atom. The third-order valence-electron chi connectivity index (χ3n) is 8.17. The third-order valence-corrected chi connectivity index (χ3v) is 8.17. The third kappa shape index (κ3) is 1.60. The van der Waals surface area contributed by atoms with E-state index in [2.05, 4.69) is 11.1 Å². The molecule has 1 saturated heterocycles. The molecule has 30 heavy (non-hydrogen) atoms. The molecule has 4 atom stereocenters. The number of hydrogen-bond donors (Lipinski definition) is 3. The van der Waals surface area contributed by atoms with E-state index in [0.29, 0.717) is 31.6 Å². The molecule has 1 spiro atoms. The second-order valence-electron chi connectivity index (χ2n) is 9.26. The van der Waals surface area contributed by atoms with E-state index in [1.807, 2.05) is 29.2 Å². The summed E-state index contributed by atoms with van der Waals surface area (Å²) in [5.41, 5.74) is 3.22. The zero-order valence-electron chi connectivity index (χ0n) is 16.6. The van der Waals surface area contributed by atoms with Crippen molar-refractivity contribution in [2.75, 3.05) is 6.54 Å². The van der Waals surface area contributed by atoms with Gasteiger partial charge in [-0.05, 0) is 36.1 Å². The second-order valence-corrected chi connectivity index (χ2v) is 9.26. The highest BCUT2D eigenvalue weighted by Gasteiger charge is 2.73. The fourth-order valence-corrected chi connectivity index (χ4v) is 7.01. The minimum atomic E-state index is -1.16. The van der Waals surface area contributed by atoms with Gasteiger partial charge in [0.05, 0.1) is 17.2 Å². The molecule has 3 heterocycles. The summed E-state index contributed by atoms with van der Waals surface area (Å²) in [6, 6.07) is 11.4. The summed E-state index contributed by atoms with van der Waals surface area (Å²) in [5, 5.41) is 24.2. The van der Waals surface area contributed by atoms with Gasteiger partial charge in [0.25, 0.3) is 0 Å². The number of para-hydroxylation sites is 1. The summed E-state index contributed by atoms with van der Waals surface area (Å²) in [6.45, 7) is 2.16. The fourth-order valence-electron chi connectivity index (χ4n) is 7.01. The number of aromatic nitrogens is 1. The average Bonchev–Trinajstić information content (AvgIpc) is 3.24. The first-order valence-electron chi connectivity index (χ1n) is 10.6. The van der Waals surface area contributed by atoms with Crippen LogP contribution in [0.2, 0.25) is 0 Å². The van der Waals surface area contributed by atoms with Gasteiger partial charge in [0.2, 0.25) is 5.91 Å². The number of phenolic OH excluding ortho intramolecular Hbond substituents is 1. The topological polar surface area (TPSA) is 85.8 Å². The number of rotatable bonds is 0. The van der Waals surface area contributed by atoms with Gasteiger partial charge >= 0.3 is 0 Å². The molecule has 1 aromatic heterocycles. The van der Waals surface area contributed by atoms with E-state index in [4.69, 9.17) is 4.74 Å². The van der Waals surface area contributed by atoms with Gasteiger partial charge in [0.15, 0.2) is 17.6 Å². The molecule has 0 radical (unpaired) electrons. The molecular formula is C24H22N2O4. The highest BCUT2D eigenvalue weighted by molar-refractivity contribution is 5.86. The first-order valence-corrected chi connectivity index (χ1v) is 10.6. The number of nitrogens with zero attached hydrogens (tertiary/aromatic N) is 1. The normalized spacial score (nSPS) is 32.5. The number of hydrogen-bond acceptors (Lipinski definition) is 4. The summed E-state index contributed by atoms with van der Waals surface area (Å²) in [4.78, 5) is 17.9. The Kier molecular flexibility index (Phi) is 2.80. The Morgan fingerprint density at radius 2 is 2.10 bits per heavy atom. The van der Waals surface area contributed by atoms with Crippen LogP contribution in [0.5, 0.6) is 11.5 Å². The highest BCUT2D eigenvalue weighted by Crippen LogP contribution is 2.68. The number of H-pyrrole nitrogens is 1. The molecule has 6 nitrogen and oxygen atoms in total. The van der Waals surface area contributed by atoms with E-state index in [9.17, 15) is 15.0 Å². The van der Waals surface area contributed by atoms with Crippen LogP contribution in [0.25, 0.3) is 10.9 Å². The van der Waals surface area contributed by atoms with E-state index in [1.54, 1.807) is 13.0 Å². The van der Waals surface area contributed by atoms with E-state index < -0.39 is 17.1 Å². The van der Waals surface area contributed by atoms with E-state index in [0.717, 1.165) is 33.3 Å². The molecule has 152 valence electrons. The number of aliphatic hydroxyl groups is 1. The van der Waals surface area contributed by atoms with Crippen molar-refractivity contribution in [2.24, 2.45) is 0 Å². The van der Waals surface area contributed by atoms with E-state index >= 15 is 0 Å². The maximum absolute atomic E-state index is 12.5. The molecule has 1 amide bonds. The van der Waals surface area contributed by atoms with E-state index in [-0.39, 0.29) is 17.7 Å². The second kappa shape index (κ2) is 5.01. The molecule has 3 N–H and O–H groups in total.